The lowest BCUT2D eigenvalue weighted by Gasteiger charge is -2.04. The molecular formula is C12H8N5+. The zero-order chi connectivity index (χ0) is 11.0. The second-order valence-electron chi connectivity index (χ2n) is 4.33. The van der Waals surface area contributed by atoms with E-state index in [-0.39, 0.29) is 6.29 Å². The van der Waals surface area contributed by atoms with E-state index >= 15 is 0 Å². The molecule has 2 aliphatic heterocycles. The first-order chi connectivity index (χ1) is 8.45. The first-order valence-corrected chi connectivity index (χ1v) is 5.56. The van der Waals surface area contributed by atoms with Crippen LogP contribution >= 0.6 is 0 Å². The van der Waals surface area contributed by atoms with E-state index in [9.17, 15) is 0 Å². The Balaban J connectivity index is 2.03. The standard InChI is InChI=1S/C12H8N5/c1-2-8-10-13-4-6-15(10)12-16-7-5-14-11(16)9(3-1)17(8)12/h1-7,12H/q+1. The number of nitrogens with zero attached hydrogens (tertiary/aromatic N) is 5. The van der Waals surface area contributed by atoms with Crippen LogP contribution in [0.4, 0.5) is 0 Å². The highest BCUT2D eigenvalue weighted by molar-refractivity contribution is 5.56. The van der Waals surface area contributed by atoms with Crippen LogP contribution in [0.3, 0.4) is 0 Å². The predicted molar refractivity (Wildman–Crippen MR) is 58.9 cm³/mol. The maximum absolute atomic E-state index is 4.43. The number of hydrogen-bond acceptors (Lipinski definition) is 2. The van der Waals surface area contributed by atoms with E-state index in [1.165, 1.54) is 0 Å². The van der Waals surface area contributed by atoms with Gasteiger partial charge in [0.25, 0.3) is 11.4 Å². The Morgan fingerprint density at radius 3 is 2.12 bits per heavy atom. The molecule has 0 N–H and O–H groups in total. The molecule has 5 heterocycles. The Kier molecular flexibility index (Phi) is 1.05. The fourth-order valence-corrected chi connectivity index (χ4v) is 2.91. The van der Waals surface area contributed by atoms with Crippen molar-refractivity contribution in [3.8, 4) is 23.0 Å². The quantitative estimate of drug-likeness (QED) is 0.365. The molecule has 17 heavy (non-hydrogen) atoms. The normalized spacial score (nSPS) is 14.8. The van der Waals surface area contributed by atoms with Gasteiger partial charge in [-0.1, -0.05) is 0 Å². The minimum Gasteiger partial charge on any atom is -0.247 e. The summed E-state index contributed by atoms with van der Waals surface area (Å²) >= 11 is 0. The summed E-state index contributed by atoms with van der Waals surface area (Å²) in [5.74, 6) is 2.05. The molecule has 5 rings (SSSR count). The molecule has 0 radical (unpaired) electrons. The summed E-state index contributed by atoms with van der Waals surface area (Å²) in [7, 11) is 0. The van der Waals surface area contributed by atoms with Gasteiger partial charge >= 0.3 is 6.29 Å². The van der Waals surface area contributed by atoms with Crippen LogP contribution in [-0.2, 0) is 0 Å². The van der Waals surface area contributed by atoms with E-state index in [1.807, 2.05) is 24.8 Å². The summed E-state index contributed by atoms with van der Waals surface area (Å²) in [4.78, 5) is 8.86. The first kappa shape index (κ1) is 7.78. The van der Waals surface area contributed by atoms with Crippen LogP contribution in [0.1, 0.15) is 6.29 Å². The van der Waals surface area contributed by atoms with Crippen LogP contribution in [0, 0.1) is 0 Å². The third kappa shape index (κ3) is 0.683. The van der Waals surface area contributed by atoms with Crippen LogP contribution in [-0.4, -0.2) is 19.1 Å². The lowest BCUT2D eigenvalue weighted by Crippen LogP contribution is -2.40. The topological polar surface area (TPSA) is 39.5 Å². The lowest BCUT2D eigenvalue weighted by atomic mass is 10.3. The highest BCUT2D eigenvalue weighted by Crippen LogP contribution is 2.35. The Labute approximate surface area is 96.6 Å². The smallest absolute Gasteiger partial charge is 0.247 e. The molecule has 5 nitrogen and oxygen atoms in total. The van der Waals surface area contributed by atoms with Crippen molar-refractivity contribution < 1.29 is 4.57 Å². The molecule has 5 heteroatoms. The Bertz CT molecular complexity index is 706. The van der Waals surface area contributed by atoms with Gasteiger partial charge in [0, 0.05) is 36.9 Å². The highest BCUT2D eigenvalue weighted by atomic mass is 15.5. The van der Waals surface area contributed by atoms with E-state index in [2.05, 4.69) is 41.9 Å². The Hall–Kier alpha value is -2.43. The summed E-state index contributed by atoms with van der Waals surface area (Å²) in [6.45, 7) is 0. The van der Waals surface area contributed by atoms with Crippen LogP contribution in [0.15, 0.2) is 43.0 Å². The summed E-state index contributed by atoms with van der Waals surface area (Å²) in [6, 6.07) is 6.27. The van der Waals surface area contributed by atoms with Crippen molar-refractivity contribution in [2.75, 3.05) is 0 Å². The van der Waals surface area contributed by atoms with Gasteiger partial charge in [0.2, 0.25) is 11.6 Å². The second-order valence-corrected chi connectivity index (χ2v) is 4.33. The van der Waals surface area contributed by atoms with Gasteiger partial charge < -0.3 is 0 Å². The predicted octanol–water partition coefficient (Wildman–Crippen LogP) is 0.881. The van der Waals surface area contributed by atoms with Crippen LogP contribution in [0.2, 0.25) is 0 Å². The molecule has 0 spiro atoms. The average molecular weight is 222 g/mol. The van der Waals surface area contributed by atoms with Gasteiger partial charge in [-0.2, -0.15) is 0 Å². The van der Waals surface area contributed by atoms with Crippen molar-refractivity contribution in [1.82, 2.24) is 19.1 Å². The van der Waals surface area contributed by atoms with Crippen LogP contribution in [0.5, 0.6) is 0 Å². The minimum atomic E-state index is 0.135. The van der Waals surface area contributed by atoms with Gasteiger partial charge in [0.1, 0.15) is 0 Å². The highest BCUT2D eigenvalue weighted by Gasteiger charge is 2.47. The van der Waals surface area contributed by atoms with Crippen molar-refractivity contribution in [3.05, 3.63) is 43.0 Å². The van der Waals surface area contributed by atoms with E-state index in [4.69, 9.17) is 0 Å². The van der Waals surface area contributed by atoms with E-state index in [0.29, 0.717) is 0 Å². The monoisotopic (exact) mass is 222 g/mol. The Morgan fingerprint density at radius 2 is 1.53 bits per heavy atom. The average Bonchev–Trinajstić information content (AvgIpc) is 3.06. The molecule has 0 aromatic carbocycles. The van der Waals surface area contributed by atoms with Crippen molar-refractivity contribution in [1.29, 1.82) is 0 Å². The number of pyridine rings is 1. The third-order valence-corrected chi connectivity index (χ3v) is 3.55. The molecule has 0 unspecified atom stereocenters. The number of hydrogen-bond donors (Lipinski definition) is 0. The molecule has 0 amide bonds. The van der Waals surface area contributed by atoms with Gasteiger partial charge in [-0.25, -0.2) is 19.1 Å². The fraction of sp³-hybridized carbons (Fsp3) is 0.0833. The second kappa shape index (κ2) is 2.29. The molecule has 3 aromatic rings. The fourth-order valence-electron chi connectivity index (χ4n) is 2.91. The molecule has 0 atom stereocenters. The summed E-state index contributed by atoms with van der Waals surface area (Å²) < 4.78 is 6.64. The van der Waals surface area contributed by atoms with Gasteiger partial charge in [-0.3, -0.25) is 0 Å². The molecule has 0 saturated heterocycles. The van der Waals surface area contributed by atoms with Crippen LogP contribution < -0.4 is 4.57 Å². The van der Waals surface area contributed by atoms with Gasteiger partial charge in [0.05, 0.1) is 0 Å². The number of imidazole rings is 2. The van der Waals surface area contributed by atoms with Gasteiger partial charge in [-0.05, 0) is 6.07 Å². The molecule has 2 aliphatic rings. The number of aromatic nitrogens is 5. The Morgan fingerprint density at radius 1 is 0.941 bits per heavy atom. The summed E-state index contributed by atoms with van der Waals surface area (Å²) in [5.41, 5.74) is 2.31. The van der Waals surface area contributed by atoms with Crippen molar-refractivity contribution in [2.24, 2.45) is 0 Å². The van der Waals surface area contributed by atoms with Crippen molar-refractivity contribution >= 4 is 0 Å². The molecule has 3 aromatic heterocycles. The zero-order valence-electron chi connectivity index (χ0n) is 8.85. The van der Waals surface area contributed by atoms with Crippen molar-refractivity contribution in [3.63, 3.8) is 0 Å². The molecular weight excluding hydrogens is 214 g/mol. The SMILES string of the molecule is c1cc2[n+]3c(c1)-c1nccn1C3n1ccnc1-2. The van der Waals surface area contributed by atoms with E-state index < -0.39 is 0 Å². The largest absolute Gasteiger partial charge is 0.328 e. The van der Waals surface area contributed by atoms with Crippen LogP contribution in [0.25, 0.3) is 23.0 Å². The number of fused-ring (bicyclic) bond motifs is 6. The number of rotatable bonds is 0. The van der Waals surface area contributed by atoms with Crippen molar-refractivity contribution in [2.45, 2.75) is 6.29 Å². The molecule has 0 aliphatic carbocycles. The van der Waals surface area contributed by atoms with E-state index in [1.54, 1.807) is 0 Å². The van der Waals surface area contributed by atoms with Gasteiger partial charge in [-0.15, -0.1) is 4.57 Å². The first-order valence-electron chi connectivity index (χ1n) is 5.56. The minimum absolute atomic E-state index is 0.135. The molecule has 80 valence electrons. The summed E-state index contributed by atoms with van der Waals surface area (Å²) in [5, 5.41) is 0. The third-order valence-electron chi connectivity index (χ3n) is 3.55. The molecule has 0 bridgehead atoms. The summed E-state index contributed by atoms with van der Waals surface area (Å²) in [6.07, 6.45) is 7.87. The molecule has 0 saturated carbocycles. The van der Waals surface area contributed by atoms with E-state index in [0.717, 1.165) is 23.0 Å². The zero-order valence-corrected chi connectivity index (χ0v) is 8.85. The lowest BCUT2D eigenvalue weighted by molar-refractivity contribution is -0.696. The maximum atomic E-state index is 4.43. The molecule has 0 fully saturated rings. The van der Waals surface area contributed by atoms with Gasteiger partial charge in [0.15, 0.2) is 0 Å². The maximum Gasteiger partial charge on any atom is 0.328 e.